The summed E-state index contributed by atoms with van der Waals surface area (Å²) in [5.74, 6) is 1.20. The van der Waals surface area contributed by atoms with E-state index >= 15 is 0 Å². The molecule has 2 aromatic carbocycles. The fraction of sp³-hybridized carbons (Fsp3) is 0.333. The average molecular weight is 389 g/mol. The highest BCUT2D eigenvalue weighted by molar-refractivity contribution is 5.78. The van der Waals surface area contributed by atoms with Crippen molar-refractivity contribution in [2.24, 2.45) is 0 Å². The summed E-state index contributed by atoms with van der Waals surface area (Å²) in [6, 6.07) is 18.1. The first-order valence-electron chi connectivity index (χ1n) is 10.3. The second-order valence-corrected chi connectivity index (χ2v) is 7.59. The standard InChI is InChI=1S/C24H27N3O2/c1-18-22(26-24(29-18)19-9-3-2-4-10-19)15-23(28)25-16-20-11-5-6-12-21(20)17-27-13-7-8-14-27/h2-6,9-12H,7-8,13-17H2,1H3,(H,25,28). The van der Waals surface area contributed by atoms with Crippen LogP contribution in [0.25, 0.3) is 11.5 Å². The number of carbonyl (C=O) groups excluding carboxylic acids is 1. The topological polar surface area (TPSA) is 58.4 Å². The molecule has 0 saturated carbocycles. The minimum Gasteiger partial charge on any atom is -0.441 e. The molecule has 0 unspecified atom stereocenters. The minimum atomic E-state index is -0.0445. The fourth-order valence-electron chi connectivity index (χ4n) is 3.77. The van der Waals surface area contributed by atoms with E-state index in [1.54, 1.807) is 0 Å². The van der Waals surface area contributed by atoms with Gasteiger partial charge in [0.2, 0.25) is 11.8 Å². The van der Waals surface area contributed by atoms with Crippen LogP contribution in [0.3, 0.4) is 0 Å². The number of aryl methyl sites for hydroxylation is 1. The Labute approximate surface area is 171 Å². The summed E-state index contributed by atoms with van der Waals surface area (Å²) in [7, 11) is 0. The number of amides is 1. The maximum absolute atomic E-state index is 12.5. The molecule has 0 atom stereocenters. The number of nitrogens with zero attached hydrogens (tertiary/aromatic N) is 2. The third kappa shape index (κ3) is 4.93. The maximum Gasteiger partial charge on any atom is 0.226 e. The third-order valence-corrected chi connectivity index (χ3v) is 5.43. The Morgan fingerprint density at radius 1 is 1.03 bits per heavy atom. The number of hydrogen-bond donors (Lipinski definition) is 1. The van der Waals surface area contributed by atoms with Gasteiger partial charge < -0.3 is 9.73 Å². The molecule has 2 heterocycles. The predicted molar refractivity (Wildman–Crippen MR) is 113 cm³/mol. The smallest absolute Gasteiger partial charge is 0.226 e. The summed E-state index contributed by atoms with van der Waals surface area (Å²) in [5, 5.41) is 3.05. The van der Waals surface area contributed by atoms with Crippen molar-refractivity contribution >= 4 is 5.91 Å². The van der Waals surface area contributed by atoms with Gasteiger partial charge in [-0.2, -0.15) is 0 Å². The minimum absolute atomic E-state index is 0.0445. The zero-order chi connectivity index (χ0) is 20.1. The van der Waals surface area contributed by atoms with Gasteiger partial charge in [0, 0.05) is 18.7 Å². The summed E-state index contributed by atoms with van der Waals surface area (Å²) in [5.41, 5.74) is 4.07. The van der Waals surface area contributed by atoms with Crippen LogP contribution < -0.4 is 5.32 Å². The zero-order valence-corrected chi connectivity index (χ0v) is 16.9. The van der Waals surface area contributed by atoms with E-state index in [0.29, 0.717) is 23.9 Å². The van der Waals surface area contributed by atoms with Gasteiger partial charge in [0.1, 0.15) is 5.76 Å². The van der Waals surface area contributed by atoms with E-state index in [1.807, 2.05) is 43.3 Å². The van der Waals surface area contributed by atoms with Crippen LogP contribution in [0.15, 0.2) is 59.0 Å². The Morgan fingerprint density at radius 2 is 1.72 bits per heavy atom. The van der Waals surface area contributed by atoms with E-state index in [9.17, 15) is 4.79 Å². The number of aromatic nitrogens is 1. The van der Waals surface area contributed by atoms with E-state index in [1.165, 1.54) is 24.0 Å². The quantitative estimate of drug-likeness (QED) is 0.661. The molecule has 1 saturated heterocycles. The molecule has 0 spiro atoms. The summed E-state index contributed by atoms with van der Waals surface area (Å²) in [4.78, 5) is 19.5. The number of carbonyl (C=O) groups is 1. The van der Waals surface area contributed by atoms with Crippen molar-refractivity contribution in [1.29, 1.82) is 0 Å². The van der Waals surface area contributed by atoms with E-state index in [0.717, 1.165) is 25.2 Å². The number of nitrogens with one attached hydrogen (secondary N) is 1. The number of hydrogen-bond acceptors (Lipinski definition) is 4. The Hall–Kier alpha value is -2.92. The highest BCUT2D eigenvalue weighted by atomic mass is 16.4. The van der Waals surface area contributed by atoms with Gasteiger partial charge in [-0.1, -0.05) is 42.5 Å². The van der Waals surface area contributed by atoms with Gasteiger partial charge in [-0.15, -0.1) is 0 Å². The third-order valence-electron chi connectivity index (χ3n) is 5.43. The largest absolute Gasteiger partial charge is 0.441 e. The SMILES string of the molecule is Cc1oc(-c2ccccc2)nc1CC(=O)NCc1ccccc1CN1CCCC1. The predicted octanol–water partition coefficient (Wildman–Crippen LogP) is 4.10. The number of likely N-dealkylation sites (tertiary alicyclic amines) is 1. The summed E-state index contributed by atoms with van der Waals surface area (Å²) >= 11 is 0. The second kappa shape index (κ2) is 9.05. The van der Waals surface area contributed by atoms with E-state index in [2.05, 4.69) is 33.4 Å². The molecule has 0 radical (unpaired) electrons. The van der Waals surface area contributed by atoms with Crippen molar-refractivity contribution in [3.63, 3.8) is 0 Å². The molecule has 29 heavy (non-hydrogen) atoms. The van der Waals surface area contributed by atoms with Crippen LogP contribution in [-0.4, -0.2) is 28.9 Å². The number of benzene rings is 2. The highest BCUT2D eigenvalue weighted by Gasteiger charge is 2.16. The fourth-order valence-corrected chi connectivity index (χ4v) is 3.77. The Bertz CT molecular complexity index is 959. The monoisotopic (exact) mass is 389 g/mol. The van der Waals surface area contributed by atoms with Gasteiger partial charge in [-0.3, -0.25) is 9.69 Å². The first-order chi connectivity index (χ1) is 14.2. The molecule has 1 aliphatic heterocycles. The molecule has 1 N–H and O–H groups in total. The van der Waals surface area contributed by atoms with Crippen LogP contribution in [0.1, 0.15) is 35.4 Å². The highest BCUT2D eigenvalue weighted by Crippen LogP contribution is 2.22. The molecular formula is C24H27N3O2. The Morgan fingerprint density at radius 3 is 2.48 bits per heavy atom. The molecule has 5 nitrogen and oxygen atoms in total. The molecule has 1 fully saturated rings. The molecule has 1 amide bonds. The van der Waals surface area contributed by atoms with Gasteiger partial charge in [0.15, 0.2) is 0 Å². The van der Waals surface area contributed by atoms with Crippen LogP contribution in [-0.2, 0) is 24.3 Å². The van der Waals surface area contributed by atoms with Crippen molar-refractivity contribution in [3.05, 3.63) is 77.2 Å². The normalized spacial score (nSPS) is 14.2. The molecule has 3 aromatic rings. The lowest BCUT2D eigenvalue weighted by Crippen LogP contribution is -2.26. The maximum atomic E-state index is 12.5. The summed E-state index contributed by atoms with van der Waals surface area (Å²) < 4.78 is 5.76. The van der Waals surface area contributed by atoms with Crippen LogP contribution in [0.4, 0.5) is 0 Å². The molecule has 0 bridgehead atoms. The Balaban J connectivity index is 1.37. The first kappa shape index (κ1) is 19.4. The van der Waals surface area contributed by atoms with E-state index in [-0.39, 0.29) is 12.3 Å². The van der Waals surface area contributed by atoms with Crippen molar-refractivity contribution < 1.29 is 9.21 Å². The summed E-state index contributed by atoms with van der Waals surface area (Å²) in [6.45, 7) is 5.67. The van der Waals surface area contributed by atoms with E-state index < -0.39 is 0 Å². The van der Waals surface area contributed by atoms with Crippen LogP contribution in [0.5, 0.6) is 0 Å². The molecule has 4 rings (SSSR count). The molecule has 0 aliphatic carbocycles. The van der Waals surface area contributed by atoms with Gasteiger partial charge >= 0.3 is 0 Å². The van der Waals surface area contributed by atoms with Gasteiger partial charge in [0.25, 0.3) is 0 Å². The van der Waals surface area contributed by atoms with Gasteiger partial charge in [0.05, 0.1) is 12.1 Å². The van der Waals surface area contributed by atoms with E-state index in [4.69, 9.17) is 4.42 Å². The van der Waals surface area contributed by atoms with Crippen LogP contribution in [0, 0.1) is 6.92 Å². The molecule has 150 valence electrons. The lowest BCUT2D eigenvalue weighted by atomic mass is 10.1. The molecule has 1 aromatic heterocycles. The van der Waals surface area contributed by atoms with Crippen LogP contribution >= 0.6 is 0 Å². The van der Waals surface area contributed by atoms with Crippen molar-refractivity contribution in [3.8, 4) is 11.5 Å². The zero-order valence-electron chi connectivity index (χ0n) is 16.9. The Kier molecular flexibility index (Phi) is 6.06. The number of rotatable bonds is 7. The van der Waals surface area contributed by atoms with Crippen LogP contribution in [0.2, 0.25) is 0 Å². The molecule has 1 aliphatic rings. The van der Waals surface area contributed by atoms with Crippen molar-refractivity contribution in [2.45, 2.75) is 39.3 Å². The first-order valence-corrected chi connectivity index (χ1v) is 10.3. The van der Waals surface area contributed by atoms with Crippen molar-refractivity contribution in [2.75, 3.05) is 13.1 Å². The van der Waals surface area contributed by atoms with Gasteiger partial charge in [-0.05, 0) is 56.1 Å². The average Bonchev–Trinajstić information content (AvgIpc) is 3.38. The number of oxazole rings is 1. The lowest BCUT2D eigenvalue weighted by Gasteiger charge is -2.17. The second-order valence-electron chi connectivity index (χ2n) is 7.59. The van der Waals surface area contributed by atoms with Gasteiger partial charge in [-0.25, -0.2) is 4.98 Å². The molecular weight excluding hydrogens is 362 g/mol. The van der Waals surface area contributed by atoms with Crippen molar-refractivity contribution in [1.82, 2.24) is 15.2 Å². The lowest BCUT2D eigenvalue weighted by molar-refractivity contribution is -0.120. The summed E-state index contributed by atoms with van der Waals surface area (Å²) in [6.07, 6.45) is 2.78. The molecule has 5 heteroatoms.